The average molecular weight is 669 g/mol. The number of carbonyl (C=O) groups is 4. The second-order valence-electron chi connectivity index (χ2n) is 14.1. The van der Waals surface area contributed by atoms with Gasteiger partial charge < -0.3 is 46.6 Å². The number of aliphatic hydroxyl groups is 1. The number of quaternary nitrogens is 2. The molecular formula is C37H37ClN4O6. The molecule has 3 atom stereocenters. The van der Waals surface area contributed by atoms with E-state index < -0.39 is 29.9 Å². The number of carbonyl (C=O) groups excluding carboxylic acids is 4. The van der Waals surface area contributed by atoms with E-state index in [9.17, 15) is 29.4 Å². The maximum absolute atomic E-state index is 13.6. The number of nitrogens with zero attached hydrogens (tertiary/aromatic N) is 3. The van der Waals surface area contributed by atoms with Gasteiger partial charge >= 0.3 is 0 Å². The molecule has 0 radical (unpaired) electrons. The van der Waals surface area contributed by atoms with Crippen LogP contribution in [0, 0.1) is 5.92 Å². The van der Waals surface area contributed by atoms with Crippen molar-refractivity contribution in [2.75, 3.05) is 51.1 Å². The number of β-lactam (4-membered cyclic amide) rings is 1. The first-order chi connectivity index (χ1) is 22.6. The topological polar surface area (TPSA) is 127 Å². The molecule has 2 bridgehead atoms. The van der Waals surface area contributed by atoms with Crippen molar-refractivity contribution < 1.29 is 50.8 Å². The van der Waals surface area contributed by atoms with Crippen LogP contribution >= 0.6 is 0 Å². The predicted molar refractivity (Wildman–Crippen MR) is 171 cm³/mol. The quantitative estimate of drug-likeness (QED) is 0.179. The van der Waals surface area contributed by atoms with Gasteiger partial charge in [0, 0.05) is 22.4 Å². The lowest BCUT2D eigenvalue weighted by Crippen LogP contribution is -3.00. The number of fused-ring (bicyclic) bond motifs is 7. The minimum absolute atomic E-state index is 0. The second kappa shape index (κ2) is 11.7. The lowest BCUT2D eigenvalue weighted by atomic mass is 9.82. The minimum Gasteiger partial charge on any atom is -1.00 e. The second-order valence-corrected chi connectivity index (χ2v) is 14.1. The van der Waals surface area contributed by atoms with Crippen molar-refractivity contribution in [2.24, 2.45) is 5.92 Å². The van der Waals surface area contributed by atoms with E-state index in [1.165, 1.54) is 4.90 Å². The van der Waals surface area contributed by atoms with Crippen LogP contribution in [-0.4, -0.2) is 100 Å². The maximum atomic E-state index is 13.6. The monoisotopic (exact) mass is 668 g/mol. The number of para-hydroxylation sites is 1. The Kier molecular flexibility index (Phi) is 7.83. The Morgan fingerprint density at radius 3 is 2.23 bits per heavy atom. The van der Waals surface area contributed by atoms with Gasteiger partial charge in [-0.1, -0.05) is 36.4 Å². The first-order valence-corrected chi connectivity index (χ1v) is 16.4. The van der Waals surface area contributed by atoms with Gasteiger partial charge in [-0.25, -0.2) is 0 Å². The number of anilines is 1. The third-order valence-corrected chi connectivity index (χ3v) is 11.4. The highest BCUT2D eigenvalue weighted by Crippen LogP contribution is 2.48. The molecule has 6 aliphatic rings. The molecule has 3 aromatic rings. The van der Waals surface area contributed by atoms with E-state index in [4.69, 9.17) is 0 Å². The van der Waals surface area contributed by atoms with Crippen LogP contribution in [-0.2, 0) is 20.9 Å². The van der Waals surface area contributed by atoms with Gasteiger partial charge in [-0.2, -0.15) is 0 Å². The molecule has 48 heavy (non-hydrogen) atoms. The SMILES string of the molecule is C[C@@H](O)[C@H]1C(=O)N2C(C(=O)[O-])=C(c3ccc4c(c3)-c3ccc(C[N+]56CC[N+](CC(=O)Nc7ccccc7)(CC5)CC6)cc3C4=O)C[C@H]12.[Cl-]. The number of halogens is 1. The molecule has 5 aliphatic heterocycles. The third kappa shape index (κ3) is 5.06. The highest BCUT2D eigenvalue weighted by molar-refractivity contribution is 6.22. The Balaban J connectivity index is 0.00000364. The number of benzene rings is 3. The highest BCUT2D eigenvalue weighted by Gasteiger charge is 2.55. The van der Waals surface area contributed by atoms with Crippen LogP contribution in [0.2, 0.25) is 0 Å². The van der Waals surface area contributed by atoms with Gasteiger partial charge in [0.2, 0.25) is 5.91 Å². The minimum atomic E-state index is -1.42. The average Bonchev–Trinajstić information content (AvgIpc) is 3.54. The standard InChI is InChI=1S/C37H36N4O6.ClH/c1-22(42)33-31-19-28(34(37(46)47)39(31)36(33)45)24-8-10-27-29(18-24)26-9-7-23(17-30(26)35(27)44)20-40-11-14-41(15-12-40,16-13-40)21-32(43)38-25-5-3-2-4-6-25;/h2-10,17-18,22,31,33,42H,11-16,19-21H2,1H3;1H/t22-,31-,33-,40?,41?;/m1./s1. The Hall–Kier alpha value is -4.35. The summed E-state index contributed by atoms with van der Waals surface area (Å²) in [5.74, 6) is -2.45. The lowest BCUT2D eigenvalue weighted by molar-refractivity contribution is -1.08. The molecule has 2 N–H and O–H groups in total. The number of carboxylic acids is 1. The molecule has 9 rings (SSSR count). The van der Waals surface area contributed by atoms with Gasteiger partial charge in [-0.15, -0.1) is 0 Å². The van der Waals surface area contributed by atoms with Gasteiger partial charge in [0.05, 0.1) is 29.7 Å². The summed E-state index contributed by atoms with van der Waals surface area (Å²) in [7, 11) is 0. The number of aliphatic carboxylic acids is 1. The molecule has 0 spiro atoms. The molecule has 0 aromatic heterocycles. The highest BCUT2D eigenvalue weighted by atomic mass is 35.5. The van der Waals surface area contributed by atoms with Crippen molar-refractivity contribution in [2.45, 2.75) is 32.0 Å². The Labute approximate surface area is 284 Å². The summed E-state index contributed by atoms with van der Waals surface area (Å²) in [4.78, 5) is 52.6. The summed E-state index contributed by atoms with van der Waals surface area (Å²) in [5, 5.41) is 25.3. The molecule has 1 aliphatic carbocycles. The number of aliphatic hydroxyl groups excluding tert-OH is 1. The summed E-state index contributed by atoms with van der Waals surface area (Å²) in [5.41, 5.74) is 5.72. The Bertz CT molecular complexity index is 1880. The summed E-state index contributed by atoms with van der Waals surface area (Å²) in [6.45, 7) is 8.67. The van der Waals surface area contributed by atoms with E-state index in [-0.39, 0.29) is 29.8 Å². The fourth-order valence-corrected chi connectivity index (χ4v) is 8.76. The number of rotatable bonds is 8. The van der Waals surface area contributed by atoms with Crippen LogP contribution in [0.4, 0.5) is 5.69 Å². The molecule has 3 aromatic carbocycles. The van der Waals surface area contributed by atoms with Crippen LogP contribution in [0.1, 0.15) is 40.4 Å². The molecule has 0 unspecified atom stereocenters. The van der Waals surface area contributed by atoms with Crippen molar-refractivity contribution in [1.29, 1.82) is 0 Å². The number of hydrogen-bond donors (Lipinski definition) is 2. The van der Waals surface area contributed by atoms with Crippen molar-refractivity contribution in [3.63, 3.8) is 0 Å². The zero-order valence-corrected chi connectivity index (χ0v) is 27.4. The molecular weight excluding hydrogens is 632 g/mol. The maximum Gasteiger partial charge on any atom is 0.279 e. The van der Waals surface area contributed by atoms with Crippen molar-refractivity contribution in [3.8, 4) is 11.1 Å². The zero-order valence-electron chi connectivity index (χ0n) is 26.7. The summed E-state index contributed by atoms with van der Waals surface area (Å²) < 4.78 is 1.77. The van der Waals surface area contributed by atoms with E-state index in [0.29, 0.717) is 35.2 Å². The first-order valence-electron chi connectivity index (χ1n) is 16.4. The van der Waals surface area contributed by atoms with E-state index in [2.05, 4.69) is 11.4 Å². The third-order valence-electron chi connectivity index (χ3n) is 11.4. The summed E-state index contributed by atoms with van der Waals surface area (Å²) >= 11 is 0. The van der Waals surface area contributed by atoms with Crippen LogP contribution in [0.15, 0.2) is 72.4 Å². The largest absolute Gasteiger partial charge is 1.00 e. The lowest BCUT2D eigenvalue weighted by Gasteiger charge is -2.55. The summed E-state index contributed by atoms with van der Waals surface area (Å²) in [6.07, 6.45) is -0.570. The Morgan fingerprint density at radius 1 is 0.896 bits per heavy atom. The van der Waals surface area contributed by atoms with Crippen molar-refractivity contribution >= 4 is 34.8 Å². The van der Waals surface area contributed by atoms with Gasteiger partial charge in [0.1, 0.15) is 45.8 Å². The van der Waals surface area contributed by atoms with E-state index in [0.717, 1.165) is 77.2 Å². The first kappa shape index (κ1) is 32.2. The van der Waals surface area contributed by atoms with Gasteiger partial charge in [0.15, 0.2) is 12.3 Å². The van der Waals surface area contributed by atoms with Gasteiger partial charge in [-0.3, -0.25) is 14.4 Å². The number of amides is 2. The van der Waals surface area contributed by atoms with Crippen LogP contribution in [0.5, 0.6) is 0 Å². The number of hydrogen-bond acceptors (Lipinski definition) is 6. The fraction of sp³-hybridized carbons (Fsp3) is 0.351. The predicted octanol–water partition coefficient (Wildman–Crippen LogP) is -1.23. The van der Waals surface area contributed by atoms with Gasteiger partial charge in [-0.05, 0) is 65.9 Å². The molecule has 10 nitrogen and oxygen atoms in total. The van der Waals surface area contributed by atoms with Crippen LogP contribution in [0.25, 0.3) is 16.7 Å². The van der Waals surface area contributed by atoms with Crippen LogP contribution in [0.3, 0.4) is 0 Å². The Morgan fingerprint density at radius 2 is 1.56 bits per heavy atom. The molecule has 248 valence electrons. The van der Waals surface area contributed by atoms with Crippen LogP contribution < -0.4 is 22.8 Å². The molecule has 2 amide bonds. The van der Waals surface area contributed by atoms with Gasteiger partial charge in [0.25, 0.3) is 5.91 Å². The molecule has 5 heterocycles. The molecule has 0 saturated carbocycles. The van der Waals surface area contributed by atoms with Crippen molar-refractivity contribution in [3.05, 3.63) is 94.7 Å². The smallest absolute Gasteiger partial charge is 0.279 e. The number of piperazine rings is 3. The van der Waals surface area contributed by atoms with E-state index in [1.54, 1.807) is 19.1 Å². The fourth-order valence-electron chi connectivity index (χ4n) is 8.76. The zero-order chi connectivity index (χ0) is 32.7. The molecule has 4 fully saturated rings. The number of nitrogens with one attached hydrogen (secondary N) is 1. The van der Waals surface area contributed by atoms with E-state index >= 15 is 0 Å². The number of carboxylic acid groups (broad SMARTS) is 1. The molecule has 4 saturated heterocycles. The molecule has 11 heteroatoms. The summed E-state index contributed by atoms with van der Waals surface area (Å²) in [6, 6.07) is 20.6. The normalized spacial score (nSPS) is 27.1. The van der Waals surface area contributed by atoms with Crippen molar-refractivity contribution in [1.82, 2.24) is 4.90 Å². The number of ketones is 1. The van der Waals surface area contributed by atoms with E-state index in [1.807, 2.05) is 48.5 Å².